The summed E-state index contributed by atoms with van der Waals surface area (Å²) < 4.78 is 5.51. The van der Waals surface area contributed by atoms with Crippen LogP contribution >= 0.6 is 0 Å². The van der Waals surface area contributed by atoms with Crippen molar-refractivity contribution in [3.05, 3.63) is 30.9 Å². The molecule has 0 amide bonds. The number of rotatable bonds is 4. The van der Waals surface area contributed by atoms with E-state index in [9.17, 15) is 0 Å². The van der Waals surface area contributed by atoms with Crippen LogP contribution in [-0.2, 0) is 0 Å². The molecule has 2 heterocycles. The van der Waals surface area contributed by atoms with E-state index >= 15 is 0 Å². The third-order valence-electron chi connectivity index (χ3n) is 2.15. The summed E-state index contributed by atoms with van der Waals surface area (Å²) in [5.41, 5.74) is 7.08. The van der Waals surface area contributed by atoms with Gasteiger partial charge in [0, 0.05) is 11.8 Å². The molecule has 0 aliphatic carbocycles. The zero-order valence-corrected chi connectivity index (χ0v) is 9.63. The first-order valence-corrected chi connectivity index (χ1v) is 5.45. The van der Waals surface area contributed by atoms with Crippen LogP contribution in [0.3, 0.4) is 0 Å². The van der Waals surface area contributed by atoms with Gasteiger partial charge in [-0.05, 0) is 12.5 Å². The molecule has 0 aliphatic heterocycles. The molecule has 2 N–H and O–H groups in total. The van der Waals surface area contributed by atoms with Gasteiger partial charge in [0.1, 0.15) is 11.6 Å². The van der Waals surface area contributed by atoms with E-state index in [0.29, 0.717) is 12.4 Å². The fourth-order valence-corrected chi connectivity index (χ4v) is 1.34. The van der Waals surface area contributed by atoms with Crippen LogP contribution in [0.1, 0.15) is 13.3 Å². The largest absolute Gasteiger partial charge is 0.492 e. The van der Waals surface area contributed by atoms with Gasteiger partial charge < -0.3 is 10.5 Å². The van der Waals surface area contributed by atoms with Gasteiger partial charge in [-0.2, -0.15) is 0 Å². The van der Waals surface area contributed by atoms with Crippen molar-refractivity contribution in [2.24, 2.45) is 0 Å². The number of aromatic nitrogens is 3. The highest BCUT2D eigenvalue weighted by Crippen LogP contribution is 2.20. The first-order valence-electron chi connectivity index (χ1n) is 5.45. The zero-order chi connectivity index (χ0) is 12.1. The molecule has 0 aromatic carbocycles. The van der Waals surface area contributed by atoms with Crippen LogP contribution in [0.15, 0.2) is 30.9 Å². The standard InChI is InChI=1S/C12H14N4O/c1-2-3-17-10-4-9(5-14-6-10)11-7-16-12(13)8-15-11/h4-8H,2-3H2,1H3,(H2,13,16). The minimum absolute atomic E-state index is 0.403. The molecule has 0 aliphatic rings. The first-order chi connectivity index (χ1) is 8.29. The Bertz CT molecular complexity index is 484. The lowest BCUT2D eigenvalue weighted by molar-refractivity contribution is 0.316. The lowest BCUT2D eigenvalue weighted by atomic mass is 10.2. The normalized spacial score (nSPS) is 10.2. The maximum atomic E-state index is 5.51. The number of hydrogen-bond acceptors (Lipinski definition) is 5. The van der Waals surface area contributed by atoms with Gasteiger partial charge in [-0.25, -0.2) is 4.98 Å². The molecule has 5 nitrogen and oxygen atoms in total. The van der Waals surface area contributed by atoms with Crippen LogP contribution in [0.5, 0.6) is 5.75 Å². The molecule has 2 aromatic heterocycles. The Kier molecular flexibility index (Phi) is 3.49. The minimum Gasteiger partial charge on any atom is -0.492 e. The molecule has 17 heavy (non-hydrogen) atoms. The topological polar surface area (TPSA) is 73.9 Å². The molecule has 88 valence electrons. The van der Waals surface area contributed by atoms with Crippen LogP contribution < -0.4 is 10.5 Å². The number of nitrogen functional groups attached to an aromatic ring is 1. The Hall–Kier alpha value is -2.17. The van der Waals surface area contributed by atoms with E-state index in [1.807, 2.05) is 6.07 Å². The fraction of sp³-hybridized carbons (Fsp3) is 0.250. The molecular formula is C12H14N4O. The minimum atomic E-state index is 0.403. The highest BCUT2D eigenvalue weighted by molar-refractivity contribution is 5.59. The van der Waals surface area contributed by atoms with Gasteiger partial charge in [0.25, 0.3) is 0 Å². The number of pyridine rings is 1. The SMILES string of the molecule is CCCOc1cncc(-c2cnc(N)cn2)c1. The molecule has 0 unspecified atom stereocenters. The number of nitrogens with zero attached hydrogens (tertiary/aromatic N) is 3. The van der Waals surface area contributed by atoms with Crippen LogP contribution in [0.4, 0.5) is 5.82 Å². The number of ether oxygens (including phenoxy) is 1. The van der Waals surface area contributed by atoms with E-state index in [-0.39, 0.29) is 0 Å². The van der Waals surface area contributed by atoms with E-state index in [1.54, 1.807) is 18.6 Å². The molecule has 0 bridgehead atoms. The van der Waals surface area contributed by atoms with Gasteiger partial charge in [-0.1, -0.05) is 6.92 Å². The molecule has 5 heteroatoms. The third kappa shape index (κ3) is 2.90. The Balaban J connectivity index is 2.23. The molecule has 0 saturated carbocycles. The Morgan fingerprint density at radius 3 is 2.76 bits per heavy atom. The number of anilines is 1. The molecule has 0 fully saturated rings. The van der Waals surface area contributed by atoms with E-state index in [1.165, 1.54) is 6.20 Å². The van der Waals surface area contributed by atoms with Crippen LogP contribution in [0, 0.1) is 0 Å². The zero-order valence-electron chi connectivity index (χ0n) is 9.63. The fourth-order valence-electron chi connectivity index (χ4n) is 1.34. The smallest absolute Gasteiger partial charge is 0.141 e. The van der Waals surface area contributed by atoms with Gasteiger partial charge >= 0.3 is 0 Å². The molecule has 0 saturated heterocycles. The van der Waals surface area contributed by atoms with Crippen LogP contribution in [-0.4, -0.2) is 21.6 Å². The van der Waals surface area contributed by atoms with Crippen LogP contribution in [0.2, 0.25) is 0 Å². The van der Waals surface area contributed by atoms with E-state index in [0.717, 1.165) is 23.4 Å². The second-order valence-electron chi connectivity index (χ2n) is 3.58. The van der Waals surface area contributed by atoms with E-state index in [2.05, 4.69) is 21.9 Å². The Morgan fingerprint density at radius 1 is 1.18 bits per heavy atom. The lowest BCUT2D eigenvalue weighted by Gasteiger charge is -2.05. The van der Waals surface area contributed by atoms with Crippen molar-refractivity contribution in [3.8, 4) is 17.0 Å². The lowest BCUT2D eigenvalue weighted by Crippen LogP contribution is -1.96. The monoisotopic (exact) mass is 230 g/mol. The summed E-state index contributed by atoms with van der Waals surface area (Å²) in [5.74, 6) is 1.14. The molecule has 0 spiro atoms. The van der Waals surface area contributed by atoms with E-state index < -0.39 is 0 Å². The van der Waals surface area contributed by atoms with Crippen molar-refractivity contribution in [1.82, 2.24) is 15.0 Å². The third-order valence-corrected chi connectivity index (χ3v) is 2.15. The summed E-state index contributed by atoms with van der Waals surface area (Å²) in [4.78, 5) is 12.3. The predicted molar refractivity (Wildman–Crippen MR) is 65.5 cm³/mol. The van der Waals surface area contributed by atoms with Gasteiger partial charge in [0.15, 0.2) is 0 Å². The van der Waals surface area contributed by atoms with Crippen LogP contribution in [0.25, 0.3) is 11.3 Å². The summed E-state index contributed by atoms with van der Waals surface area (Å²) in [6, 6.07) is 1.89. The van der Waals surface area contributed by atoms with Crippen molar-refractivity contribution in [2.75, 3.05) is 12.3 Å². The van der Waals surface area contributed by atoms with Crippen molar-refractivity contribution in [3.63, 3.8) is 0 Å². The second-order valence-corrected chi connectivity index (χ2v) is 3.58. The summed E-state index contributed by atoms with van der Waals surface area (Å²) in [5, 5.41) is 0. The number of nitrogens with two attached hydrogens (primary N) is 1. The summed E-state index contributed by atoms with van der Waals surface area (Å²) in [6.45, 7) is 2.74. The average Bonchev–Trinajstić information content (AvgIpc) is 2.37. The van der Waals surface area contributed by atoms with Gasteiger partial charge in [0.2, 0.25) is 0 Å². The molecule has 0 atom stereocenters. The Morgan fingerprint density at radius 2 is 2.06 bits per heavy atom. The van der Waals surface area contributed by atoms with Gasteiger partial charge in [-0.3, -0.25) is 9.97 Å². The molecule has 2 rings (SSSR count). The average molecular weight is 230 g/mol. The van der Waals surface area contributed by atoms with E-state index in [4.69, 9.17) is 10.5 Å². The first kappa shape index (κ1) is 11.3. The van der Waals surface area contributed by atoms with Gasteiger partial charge in [-0.15, -0.1) is 0 Å². The summed E-state index contributed by atoms with van der Waals surface area (Å²) in [6.07, 6.45) is 7.51. The van der Waals surface area contributed by atoms with Crippen molar-refractivity contribution < 1.29 is 4.74 Å². The molecule has 2 aromatic rings. The highest BCUT2D eigenvalue weighted by atomic mass is 16.5. The maximum absolute atomic E-state index is 5.51. The second kappa shape index (κ2) is 5.25. The Labute approximate surface area is 99.7 Å². The van der Waals surface area contributed by atoms with Gasteiger partial charge in [0.05, 0.1) is 30.9 Å². The van der Waals surface area contributed by atoms with Crippen molar-refractivity contribution in [2.45, 2.75) is 13.3 Å². The summed E-state index contributed by atoms with van der Waals surface area (Å²) in [7, 11) is 0. The highest BCUT2D eigenvalue weighted by Gasteiger charge is 2.02. The summed E-state index contributed by atoms with van der Waals surface area (Å²) >= 11 is 0. The predicted octanol–water partition coefficient (Wildman–Crippen LogP) is 1.91. The molecular weight excluding hydrogens is 216 g/mol. The quantitative estimate of drug-likeness (QED) is 0.868. The van der Waals surface area contributed by atoms with Crippen molar-refractivity contribution in [1.29, 1.82) is 0 Å². The van der Waals surface area contributed by atoms with Crippen molar-refractivity contribution >= 4 is 5.82 Å². The number of hydrogen-bond donors (Lipinski definition) is 1. The maximum Gasteiger partial charge on any atom is 0.141 e. The molecule has 0 radical (unpaired) electrons.